The second-order valence-electron chi connectivity index (χ2n) is 13.7. The Hall–Kier alpha value is -6.96. The zero-order valence-corrected chi connectivity index (χ0v) is 29.2. The molecule has 0 unspecified atom stereocenters. The summed E-state index contributed by atoms with van der Waals surface area (Å²) in [7, 11) is 0. The zero-order valence-electron chi connectivity index (χ0n) is 29.2. The molecule has 0 fully saturated rings. The maximum absolute atomic E-state index is 2.43. The van der Waals surface area contributed by atoms with Gasteiger partial charge in [0.2, 0.25) is 0 Å². The van der Waals surface area contributed by atoms with E-state index in [1.165, 1.54) is 76.8 Å². The largest absolute Gasteiger partial charge is 0.309 e. The third kappa shape index (κ3) is 5.34. The number of hydrogen-bond acceptors (Lipinski definition) is 0. The monoisotopic (exact) mass is 673 g/mol. The summed E-state index contributed by atoms with van der Waals surface area (Å²) in [6.45, 7) is 0. The maximum Gasteiger partial charge on any atom is 0.0535 e. The van der Waals surface area contributed by atoms with Gasteiger partial charge in [0, 0.05) is 5.69 Å². The Balaban J connectivity index is 1.33. The van der Waals surface area contributed by atoms with Crippen LogP contribution in [0, 0.1) is 0 Å². The molecule has 9 aromatic carbocycles. The summed E-state index contributed by atoms with van der Waals surface area (Å²) in [6, 6.07) is 77.3. The van der Waals surface area contributed by atoms with Crippen LogP contribution in [0.15, 0.2) is 212 Å². The highest BCUT2D eigenvalue weighted by Gasteiger charge is 2.21. The minimum absolute atomic E-state index is 1.13. The van der Waals surface area contributed by atoms with E-state index in [9.17, 15) is 0 Å². The van der Waals surface area contributed by atoms with Crippen molar-refractivity contribution < 1.29 is 0 Å². The molecule has 1 heteroatoms. The van der Waals surface area contributed by atoms with E-state index in [2.05, 4.69) is 217 Å². The van der Waals surface area contributed by atoms with Gasteiger partial charge in [0.25, 0.3) is 0 Å². The van der Waals surface area contributed by atoms with Gasteiger partial charge in [0.15, 0.2) is 0 Å². The van der Waals surface area contributed by atoms with E-state index in [4.69, 9.17) is 0 Å². The normalized spacial score (nSPS) is 11.4. The number of benzene rings is 9. The third-order valence-corrected chi connectivity index (χ3v) is 10.6. The highest BCUT2D eigenvalue weighted by atomic mass is 15.0. The fourth-order valence-electron chi connectivity index (χ4n) is 8.22. The first-order valence-corrected chi connectivity index (χ1v) is 18.3. The highest BCUT2D eigenvalue weighted by Crippen LogP contribution is 2.47. The summed E-state index contributed by atoms with van der Waals surface area (Å²) in [6.07, 6.45) is 0. The molecule has 0 aliphatic rings. The van der Waals surface area contributed by atoms with Crippen LogP contribution in [0.2, 0.25) is 0 Å². The first kappa shape index (κ1) is 30.8. The molecule has 0 N–H and O–H groups in total. The van der Waals surface area contributed by atoms with Gasteiger partial charge >= 0.3 is 0 Å². The van der Waals surface area contributed by atoms with Gasteiger partial charge in [-0.1, -0.05) is 182 Å². The quantitative estimate of drug-likeness (QED) is 0.155. The van der Waals surface area contributed by atoms with Crippen LogP contribution in [0.3, 0.4) is 0 Å². The lowest BCUT2D eigenvalue weighted by atomic mass is 9.84. The van der Waals surface area contributed by atoms with Crippen molar-refractivity contribution in [3.63, 3.8) is 0 Å². The summed E-state index contributed by atoms with van der Waals surface area (Å²) >= 11 is 0. The topological polar surface area (TPSA) is 4.93 Å². The van der Waals surface area contributed by atoms with Crippen molar-refractivity contribution >= 4 is 32.3 Å². The molecule has 1 heterocycles. The molecule has 1 nitrogen and oxygen atoms in total. The molecule has 10 aromatic rings. The predicted molar refractivity (Wildman–Crippen MR) is 225 cm³/mol. The first-order valence-electron chi connectivity index (χ1n) is 18.3. The average Bonchev–Trinajstić information content (AvgIpc) is 3.69. The molecule has 0 spiro atoms. The van der Waals surface area contributed by atoms with Crippen LogP contribution in [0.4, 0.5) is 0 Å². The summed E-state index contributed by atoms with van der Waals surface area (Å²) in [5.41, 5.74) is 13.2. The van der Waals surface area contributed by atoms with Crippen LogP contribution < -0.4 is 0 Å². The molecule has 0 aliphatic carbocycles. The van der Waals surface area contributed by atoms with Crippen molar-refractivity contribution in [2.45, 2.75) is 0 Å². The molecule has 0 saturated carbocycles. The van der Waals surface area contributed by atoms with Gasteiger partial charge in [0.05, 0.1) is 11.4 Å². The Bertz CT molecular complexity index is 2860. The van der Waals surface area contributed by atoms with Gasteiger partial charge in [-0.2, -0.15) is 0 Å². The molecule has 0 saturated heterocycles. The van der Waals surface area contributed by atoms with Crippen LogP contribution in [0.1, 0.15) is 0 Å². The molecular formula is C52H35N. The van der Waals surface area contributed by atoms with Crippen molar-refractivity contribution in [3.05, 3.63) is 212 Å². The third-order valence-electron chi connectivity index (χ3n) is 10.6. The van der Waals surface area contributed by atoms with E-state index < -0.39 is 0 Å². The Morgan fingerprint density at radius 3 is 1.43 bits per heavy atom. The van der Waals surface area contributed by atoms with Crippen LogP contribution in [-0.4, -0.2) is 4.57 Å². The standard InChI is InChI=1S/C52H35N/c1-4-16-36(17-5-1)40-24-14-25-41(34-40)51-45-27-12-13-28-46(45)52(44-29-15-23-37-18-10-11-26-43(37)44)48-35-42(30-31-47(48)51)53-49(38-19-6-2-7-20-38)32-33-50(53)39-21-8-3-9-22-39/h1-35H. The Morgan fingerprint density at radius 2 is 0.755 bits per heavy atom. The molecule has 0 atom stereocenters. The Kier molecular flexibility index (Phi) is 7.55. The number of fused-ring (bicyclic) bond motifs is 3. The van der Waals surface area contributed by atoms with Crippen LogP contribution in [0.5, 0.6) is 0 Å². The molecule has 248 valence electrons. The van der Waals surface area contributed by atoms with Crippen LogP contribution in [-0.2, 0) is 0 Å². The highest BCUT2D eigenvalue weighted by molar-refractivity contribution is 6.24. The van der Waals surface area contributed by atoms with Gasteiger partial charge in [0.1, 0.15) is 0 Å². The molecule has 0 radical (unpaired) electrons. The van der Waals surface area contributed by atoms with Crippen molar-refractivity contribution in [3.8, 4) is 61.6 Å². The van der Waals surface area contributed by atoms with Crippen molar-refractivity contribution in [2.24, 2.45) is 0 Å². The molecule has 10 rings (SSSR count). The van der Waals surface area contributed by atoms with Gasteiger partial charge in [-0.25, -0.2) is 0 Å². The molecule has 53 heavy (non-hydrogen) atoms. The molecule has 0 bridgehead atoms. The van der Waals surface area contributed by atoms with E-state index >= 15 is 0 Å². The lowest BCUT2D eigenvalue weighted by molar-refractivity contribution is 1.10. The molecule has 1 aromatic heterocycles. The van der Waals surface area contributed by atoms with Crippen molar-refractivity contribution in [2.75, 3.05) is 0 Å². The Morgan fingerprint density at radius 1 is 0.264 bits per heavy atom. The minimum Gasteiger partial charge on any atom is -0.309 e. The minimum atomic E-state index is 1.13. The van der Waals surface area contributed by atoms with Crippen LogP contribution >= 0.6 is 0 Å². The maximum atomic E-state index is 2.43. The van der Waals surface area contributed by atoms with Crippen LogP contribution in [0.25, 0.3) is 93.9 Å². The molecule has 0 aliphatic heterocycles. The average molecular weight is 674 g/mol. The second-order valence-corrected chi connectivity index (χ2v) is 13.7. The zero-order chi connectivity index (χ0) is 35.1. The first-order chi connectivity index (χ1) is 26.3. The lowest BCUT2D eigenvalue weighted by Gasteiger charge is -2.21. The summed E-state index contributed by atoms with van der Waals surface area (Å²) < 4.78 is 2.43. The van der Waals surface area contributed by atoms with Gasteiger partial charge in [-0.15, -0.1) is 0 Å². The lowest BCUT2D eigenvalue weighted by Crippen LogP contribution is -2.00. The number of aromatic nitrogens is 1. The second kappa shape index (κ2) is 13.0. The molecular weight excluding hydrogens is 639 g/mol. The smallest absolute Gasteiger partial charge is 0.0535 e. The van der Waals surface area contributed by atoms with E-state index in [-0.39, 0.29) is 0 Å². The number of nitrogens with zero attached hydrogens (tertiary/aromatic N) is 1. The fourth-order valence-corrected chi connectivity index (χ4v) is 8.22. The molecule has 0 amide bonds. The summed E-state index contributed by atoms with van der Waals surface area (Å²) in [5, 5.41) is 7.44. The summed E-state index contributed by atoms with van der Waals surface area (Å²) in [4.78, 5) is 0. The SMILES string of the molecule is c1ccc(-c2cccc(-c3c4ccccc4c(-c4cccc5ccccc45)c4cc(-n5c(-c6ccccc6)ccc5-c5ccccc5)ccc34)c2)cc1. The predicted octanol–water partition coefficient (Wildman–Crippen LogP) is 14.3. The van der Waals surface area contributed by atoms with E-state index in [1.807, 2.05) is 0 Å². The van der Waals surface area contributed by atoms with E-state index in [0.29, 0.717) is 0 Å². The Labute approximate surface area is 309 Å². The fraction of sp³-hybridized carbons (Fsp3) is 0. The van der Waals surface area contributed by atoms with E-state index in [1.54, 1.807) is 0 Å². The number of rotatable bonds is 6. The van der Waals surface area contributed by atoms with Crippen molar-refractivity contribution in [1.29, 1.82) is 0 Å². The van der Waals surface area contributed by atoms with E-state index in [0.717, 1.165) is 17.1 Å². The van der Waals surface area contributed by atoms with Gasteiger partial charge < -0.3 is 4.57 Å². The summed E-state index contributed by atoms with van der Waals surface area (Å²) in [5.74, 6) is 0. The van der Waals surface area contributed by atoms with Gasteiger partial charge in [-0.05, 0) is 107 Å². The van der Waals surface area contributed by atoms with Gasteiger partial charge in [-0.3, -0.25) is 0 Å². The number of hydrogen-bond donors (Lipinski definition) is 0. The van der Waals surface area contributed by atoms with Crippen molar-refractivity contribution in [1.82, 2.24) is 4.57 Å².